The van der Waals surface area contributed by atoms with Crippen molar-refractivity contribution in [2.75, 3.05) is 0 Å². The van der Waals surface area contributed by atoms with Crippen LogP contribution in [0.5, 0.6) is 0 Å². The van der Waals surface area contributed by atoms with Gasteiger partial charge in [-0.05, 0) is 12.3 Å². The summed E-state index contributed by atoms with van der Waals surface area (Å²) in [4.78, 5) is 5.83. The Balaban J connectivity index is 2.77. The van der Waals surface area contributed by atoms with E-state index >= 15 is 0 Å². The molecule has 0 bridgehead atoms. The molecular weight excluding hydrogens is 166 g/mol. The summed E-state index contributed by atoms with van der Waals surface area (Å²) in [6.07, 6.45) is 3.21. The van der Waals surface area contributed by atoms with Crippen molar-refractivity contribution in [3.05, 3.63) is 16.1 Å². The zero-order valence-corrected chi connectivity index (χ0v) is 9.11. The van der Waals surface area contributed by atoms with E-state index in [9.17, 15) is 0 Å². The number of hydrogen-bond donors (Lipinski definition) is 0. The van der Waals surface area contributed by atoms with Gasteiger partial charge in [0.05, 0.1) is 5.01 Å². The van der Waals surface area contributed by atoms with E-state index < -0.39 is 0 Å². The lowest BCUT2D eigenvalue weighted by molar-refractivity contribution is 0.726. The van der Waals surface area contributed by atoms with Gasteiger partial charge in [0.1, 0.15) is 0 Å². The van der Waals surface area contributed by atoms with Gasteiger partial charge in [-0.2, -0.15) is 0 Å². The second-order valence-corrected chi connectivity index (χ2v) is 4.66. The molecule has 2 heteroatoms. The summed E-state index contributed by atoms with van der Waals surface area (Å²) < 4.78 is 0. The van der Waals surface area contributed by atoms with Crippen LogP contribution < -0.4 is 0 Å². The van der Waals surface area contributed by atoms with Gasteiger partial charge in [-0.1, -0.05) is 27.7 Å². The van der Waals surface area contributed by atoms with Crippen LogP contribution in [0.25, 0.3) is 0 Å². The topological polar surface area (TPSA) is 12.9 Å². The monoisotopic (exact) mass is 183 g/mol. The Labute approximate surface area is 78.8 Å². The minimum Gasteiger partial charge on any atom is -0.249 e. The second kappa shape index (κ2) is 4.04. The Kier molecular flexibility index (Phi) is 3.27. The quantitative estimate of drug-likeness (QED) is 0.695. The summed E-state index contributed by atoms with van der Waals surface area (Å²) >= 11 is 1.86. The molecule has 0 aromatic carbocycles. The van der Waals surface area contributed by atoms with Crippen molar-refractivity contribution in [3.63, 3.8) is 0 Å². The van der Waals surface area contributed by atoms with Crippen LogP contribution in [0.1, 0.15) is 55.8 Å². The molecule has 0 amide bonds. The highest BCUT2D eigenvalue weighted by molar-refractivity contribution is 7.11. The minimum atomic E-state index is 0.625. The van der Waals surface area contributed by atoms with E-state index in [0.29, 0.717) is 11.8 Å². The van der Waals surface area contributed by atoms with Crippen LogP contribution in [-0.4, -0.2) is 4.98 Å². The number of rotatable bonds is 3. The van der Waals surface area contributed by atoms with Crippen LogP contribution in [0.2, 0.25) is 0 Å². The molecule has 1 unspecified atom stereocenters. The summed E-state index contributed by atoms with van der Waals surface area (Å²) in [5.74, 6) is 1.25. The average Bonchev–Trinajstić information content (AvgIpc) is 2.51. The largest absolute Gasteiger partial charge is 0.249 e. The second-order valence-electron chi connectivity index (χ2n) is 3.56. The van der Waals surface area contributed by atoms with E-state index in [1.165, 1.54) is 16.3 Å². The highest BCUT2D eigenvalue weighted by Gasteiger charge is 2.09. The maximum absolute atomic E-state index is 4.43. The molecule has 68 valence electrons. The van der Waals surface area contributed by atoms with Crippen molar-refractivity contribution < 1.29 is 0 Å². The smallest absolute Gasteiger partial charge is 0.0955 e. The summed E-state index contributed by atoms with van der Waals surface area (Å²) in [6.45, 7) is 8.88. The van der Waals surface area contributed by atoms with Gasteiger partial charge in [-0.25, -0.2) is 4.98 Å². The molecule has 0 saturated carbocycles. The van der Waals surface area contributed by atoms with E-state index in [0.717, 1.165) is 0 Å². The van der Waals surface area contributed by atoms with Crippen molar-refractivity contribution in [1.29, 1.82) is 0 Å². The molecule has 0 spiro atoms. The highest BCUT2D eigenvalue weighted by Crippen LogP contribution is 2.27. The van der Waals surface area contributed by atoms with Gasteiger partial charge in [0.15, 0.2) is 0 Å². The van der Waals surface area contributed by atoms with Gasteiger partial charge >= 0.3 is 0 Å². The SMILES string of the molecule is CCC(C)c1ncc(C(C)C)s1. The Bertz CT molecular complexity index is 240. The summed E-state index contributed by atoms with van der Waals surface area (Å²) in [6, 6.07) is 0. The number of nitrogens with zero attached hydrogens (tertiary/aromatic N) is 1. The fourth-order valence-corrected chi connectivity index (χ4v) is 2.03. The van der Waals surface area contributed by atoms with Crippen LogP contribution in [0.3, 0.4) is 0 Å². The molecule has 1 aromatic heterocycles. The fraction of sp³-hybridized carbons (Fsp3) is 0.700. The summed E-state index contributed by atoms with van der Waals surface area (Å²) in [5, 5.41) is 1.29. The highest BCUT2D eigenvalue weighted by atomic mass is 32.1. The van der Waals surface area contributed by atoms with E-state index in [4.69, 9.17) is 0 Å². The van der Waals surface area contributed by atoms with Crippen LogP contribution in [0.15, 0.2) is 6.20 Å². The van der Waals surface area contributed by atoms with Crippen molar-refractivity contribution in [1.82, 2.24) is 4.98 Å². The Morgan fingerprint density at radius 2 is 2.08 bits per heavy atom. The van der Waals surface area contributed by atoms with Crippen molar-refractivity contribution >= 4 is 11.3 Å². The van der Waals surface area contributed by atoms with Crippen LogP contribution >= 0.6 is 11.3 Å². The van der Waals surface area contributed by atoms with Crippen molar-refractivity contribution in [2.24, 2.45) is 0 Å². The van der Waals surface area contributed by atoms with Crippen molar-refractivity contribution in [2.45, 2.75) is 46.0 Å². The predicted molar refractivity (Wildman–Crippen MR) is 54.9 cm³/mol. The van der Waals surface area contributed by atoms with Gasteiger partial charge in [-0.3, -0.25) is 0 Å². The molecule has 0 aliphatic rings. The Morgan fingerprint density at radius 1 is 1.42 bits per heavy atom. The van der Waals surface area contributed by atoms with Crippen molar-refractivity contribution in [3.8, 4) is 0 Å². The van der Waals surface area contributed by atoms with E-state index in [-0.39, 0.29) is 0 Å². The van der Waals surface area contributed by atoms with Gasteiger partial charge in [0.2, 0.25) is 0 Å². The molecule has 0 aliphatic carbocycles. The molecule has 0 aliphatic heterocycles. The predicted octanol–water partition coefficient (Wildman–Crippen LogP) is 3.78. The molecule has 12 heavy (non-hydrogen) atoms. The van der Waals surface area contributed by atoms with Gasteiger partial charge in [0.25, 0.3) is 0 Å². The lowest BCUT2D eigenvalue weighted by Crippen LogP contribution is -1.87. The maximum atomic E-state index is 4.43. The first-order chi connectivity index (χ1) is 5.65. The zero-order valence-electron chi connectivity index (χ0n) is 8.29. The fourth-order valence-electron chi connectivity index (χ4n) is 0.970. The molecule has 1 nitrogen and oxygen atoms in total. The maximum Gasteiger partial charge on any atom is 0.0955 e. The number of aromatic nitrogens is 1. The van der Waals surface area contributed by atoms with Crippen LogP contribution in [0, 0.1) is 0 Å². The van der Waals surface area contributed by atoms with Crippen LogP contribution in [-0.2, 0) is 0 Å². The summed E-state index contributed by atoms with van der Waals surface area (Å²) in [7, 11) is 0. The molecule has 0 radical (unpaired) electrons. The van der Waals surface area contributed by atoms with Gasteiger partial charge in [0, 0.05) is 17.0 Å². The third-order valence-corrected chi connectivity index (χ3v) is 3.67. The minimum absolute atomic E-state index is 0.625. The standard InChI is InChI=1S/C10H17NS/c1-5-8(4)10-11-6-9(12-10)7(2)3/h6-8H,5H2,1-4H3. The van der Waals surface area contributed by atoms with Gasteiger partial charge < -0.3 is 0 Å². The first-order valence-corrected chi connectivity index (χ1v) is 5.42. The van der Waals surface area contributed by atoms with E-state index in [1.54, 1.807) is 0 Å². The molecule has 0 fully saturated rings. The summed E-state index contributed by atoms with van der Waals surface area (Å²) in [5.41, 5.74) is 0. The normalized spacial score (nSPS) is 13.8. The lowest BCUT2D eigenvalue weighted by Gasteiger charge is -2.02. The molecule has 0 saturated heterocycles. The van der Waals surface area contributed by atoms with E-state index in [1.807, 2.05) is 17.5 Å². The molecule has 1 atom stereocenters. The third kappa shape index (κ3) is 2.07. The van der Waals surface area contributed by atoms with Gasteiger partial charge in [-0.15, -0.1) is 11.3 Å². The number of thiazole rings is 1. The first kappa shape index (κ1) is 9.72. The average molecular weight is 183 g/mol. The molecule has 0 N–H and O–H groups in total. The Morgan fingerprint density at radius 3 is 2.50 bits per heavy atom. The molecule has 1 aromatic rings. The third-order valence-electron chi connectivity index (χ3n) is 2.14. The molecule has 1 heterocycles. The van der Waals surface area contributed by atoms with E-state index in [2.05, 4.69) is 32.7 Å². The number of hydrogen-bond acceptors (Lipinski definition) is 2. The molecule has 1 rings (SSSR count). The molecular formula is C10H17NS. The zero-order chi connectivity index (χ0) is 9.14. The van der Waals surface area contributed by atoms with Crippen LogP contribution in [0.4, 0.5) is 0 Å². The lowest BCUT2D eigenvalue weighted by atomic mass is 10.1. The Hall–Kier alpha value is -0.370. The first-order valence-electron chi connectivity index (χ1n) is 4.60.